The SMILES string of the molecule is CC(C)(C)S(=O)(=O)c1ccc(NC(=O)CCCc2ccc(Br)cc2)cc1C#N. The Bertz CT molecular complexity index is 1000. The van der Waals surface area contributed by atoms with E-state index in [1.807, 2.05) is 30.3 Å². The third-order valence-corrected chi connectivity index (χ3v) is 7.34. The molecule has 1 N–H and O–H groups in total. The van der Waals surface area contributed by atoms with Crippen LogP contribution < -0.4 is 5.32 Å². The molecular formula is C21H23BrN2O3S. The van der Waals surface area contributed by atoms with Crippen molar-refractivity contribution in [3.8, 4) is 6.07 Å². The van der Waals surface area contributed by atoms with E-state index in [1.165, 1.54) is 18.2 Å². The highest BCUT2D eigenvalue weighted by Crippen LogP contribution is 2.29. The van der Waals surface area contributed by atoms with Crippen molar-refractivity contribution < 1.29 is 13.2 Å². The van der Waals surface area contributed by atoms with Crippen LogP contribution in [0.3, 0.4) is 0 Å². The van der Waals surface area contributed by atoms with Crippen LogP contribution in [0, 0.1) is 11.3 Å². The Morgan fingerprint density at radius 1 is 1.14 bits per heavy atom. The van der Waals surface area contributed by atoms with Gasteiger partial charge in [0.1, 0.15) is 6.07 Å². The average Bonchev–Trinajstić information content (AvgIpc) is 2.62. The van der Waals surface area contributed by atoms with E-state index in [2.05, 4.69) is 21.2 Å². The molecule has 0 bridgehead atoms. The van der Waals surface area contributed by atoms with E-state index in [0.717, 1.165) is 16.5 Å². The van der Waals surface area contributed by atoms with Gasteiger partial charge in [-0.15, -0.1) is 0 Å². The second kappa shape index (κ2) is 8.89. The fourth-order valence-corrected chi connectivity index (χ4v) is 4.15. The lowest BCUT2D eigenvalue weighted by molar-refractivity contribution is -0.116. The molecule has 0 aromatic heterocycles. The first-order valence-electron chi connectivity index (χ1n) is 8.87. The highest BCUT2D eigenvalue weighted by Gasteiger charge is 2.33. The molecule has 28 heavy (non-hydrogen) atoms. The second-order valence-corrected chi connectivity index (χ2v) is 11.1. The number of amides is 1. The number of halogens is 1. The lowest BCUT2D eigenvalue weighted by Crippen LogP contribution is -2.28. The molecule has 0 aliphatic heterocycles. The molecular weight excluding hydrogens is 440 g/mol. The fraction of sp³-hybridized carbons (Fsp3) is 0.333. The molecule has 0 radical (unpaired) electrons. The molecule has 2 aromatic carbocycles. The first-order chi connectivity index (χ1) is 13.0. The molecule has 0 aliphatic carbocycles. The molecule has 0 atom stereocenters. The standard InChI is InChI=1S/C21H23BrN2O3S/c1-21(2,3)28(26,27)19-12-11-18(13-16(19)14-23)24-20(25)6-4-5-15-7-9-17(22)10-8-15/h7-13H,4-6H2,1-3H3,(H,24,25). The third-order valence-electron chi connectivity index (χ3n) is 4.26. The van der Waals surface area contributed by atoms with Crippen LogP contribution in [-0.2, 0) is 21.1 Å². The molecule has 0 saturated carbocycles. The quantitative estimate of drug-likeness (QED) is 0.663. The summed E-state index contributed by atoms with van der Waals surface area (Å²) >= 11 is 3.39. The van der Waals surface area contributed by atoms with E-state index in [-0.39, 0.29) is 16.4 Å². The van der Waals surface area contributed by atoms with Gasteiger partial charge in [-0.3, -0.25) is 4.79 Å². The van der Waals surface area contributed by atoms with Crippen LogP contribution in [0.5, 0.6) is 0 Å². The zero-order valence-corrected chi connectivity index (χ0v) is 18.5. The Morgan fingerprint density at radius 2 is 1.79 bits per heavy atom. The Hall–Kier alpha value is -2.17. The summed E-state index contributed by atoms with van der Waals surface area (Å²) in [4.78, 5) is 12.2. The van der Waals surface area contributed by atoms with Crippen LogP contribution in [-0.4, -0.2) is 19.1 Å². The van der Waals surface area contributed by atoms with Crippen molar-refractivity contribution in [2.45, 2.75) is 49.7 Å². The zero-order valence-electron chi connectivity index (χ0n) is 16.1. The van der Waals surface area contributed by atoms with E-state index in [9.17, 15) is 18.5 Å². The highest BCUT2D eigenvalue weighted by molar-refractivity contribution is 9.10. The summed E-state index contributed by atoms with van der Waals surface area (Å²) in [6.07, 6.45) is 1.81. The number of carbonyl (C=O) groups is 1. The van der Waals surface area contributed by atoms with Gasteiger partial charge < -0.3 is 5.32 Å². The van der Waals surface area contributed by atoms with Crippen LogP contribution in [0.1, 0.15) is 44.7 Å². The Balaban J connectivity index is 2.03. The van der Waals surface area contributed by atoms with Gasteiger partial charge in [-0.2, -0.15) is 5.26 Å². The monoisotopic (exact) mass is 462 g/mol. The van der Waals surface area contributed by atoms with Gasteiger partial charge in [0.15, 0.2) is 9.84 Å². The smallest absolute Gasteiger partial charge is 0.224 e. The predicted octanol–water partition coefficient (Wildman–Crippen LogP) is 4.85. The first kappa shape index (κ1) is 22.1. The van der Waals surface area contributed by atoms with Gasteiger partial charge >= 0.3 is 0 Å². The van der Waals surface area contributed by atoms with E-state index in [0.29, 0.717) is 18.5 Å². The molecule has 2 aromatic rings. The number of carbonyl (C=O) groups excluding carboxylic acids is 1. The minimum absolute atomic E-state index is 0.0178. The number of rotatable bonds is 6. The fourth-order valence-electron chi connectivity index (χ4n) is 2.59. The Morgan fingerprint density at radius 3 is 2.36 bits per heavy atom. The second-order valence-electron chi connectivity index (χ2n) is 7.47. The van der Waals surface area contributed by atoms with Crippen molar-refractivity contribution in [1.82, 2.24) is 0 Å². The molecule has 0 spiro atoms. The molecule has 1 amide bonds. The highest BCUT2D eigenvalue weighted by atomic mass is 79.9. The largest absolute Gasteiger partial charge is 0.326 e. The number of benzene rings is 2. The van der Waals surface area contributed by atoms with Crippen molar-refractivity contribution in [2.75, 3.05) is 5.32 Å². The minimum Gasteiger partial charge on any atom is -0.326 e. The van der Waals surface area contributed by atoms with E-state index in [4.69, 9.17) is 0 Å². The summed E-state index contributed by atoms with van der Waals surface area (Å²) < 4.78 is 25.2. The summed E-state index contributed by atoms with van der Waals surface area (Å²) in [5.41, 5.74) is 1.60. The van der Waals surface area contributed by atoms with Gasteiger partial charge in [-0.1, -0.05) is 28.1 Å². The maximum atomic E-state index is 12.6. The lowest BCUT2D eigenvalue weighted by atomic mass is 10.1. The van der Waals surface area contributed by atoms with Crippen molar-refractivity contribution in [2.24, 2.45) is 0 Å². The number of nitrogens with one attached hydrogen (secondary N) is 1. The number of hydrogen-bond donors (Lipinski definition) is 1. The van der Waals surface area contributed by atoms with E-state index < -0.39 is 14.6 Å². The van der Waals surface area contributed by atoms with Crippen LogP contribution in [0.15, 0.2) is 51.8 Å². The Kier molecular flexibility index (Phi) is 7.02. The molecule has 0 saturated heterocycles. The third kappa shape index (κ3) is 5.43. The van der Waals surface area contributed by atoms with Crippen LogP contribution in [0.2, 0.25) is 0 Å². The lowest BCUT2D eigenvalue weighted by Gasteiger charge is -2.20. The number of aryl methyl sites for hydroxylation is 1. The summed E-state index contributed by atoms with van der Waals surface area (Å²) in [5.74, 6) is -0.174. The number of hydrogen-bond acceptors (Lipinski definition) is 4. The number of sulfone groups is 1. The number of nitrogens with zero attached hydrogens (tertiary/aromatic N) is 1. The number of nitriles is 1. The normalized spacial score (nSPS) is 11.7. The first-order valence-corrected chi connectivity index (χ1v) is 11.2. The summed E-state index contributed by atoms with van der Waals surface area (Å²) in [6.45, 7) is 4.76. The van der Waals surface area contributed by atoms with Crippen LogP contribution in [0.4, 0.5) is 5.69 Å². The van der Waals surface area contributed by atoms with Crippen molar-refractivity contribution in [3.63, 3.8) is 0 Å². The van der Waals surface area contributed by atoms with Crippen LogP contribution >= 0.6 is 15.9 Å². The van der Waals surface area contributed by atoms with Crippen molar-refractivity contribution >= 4 is 37.4 Å². The van der Waals surface area contributed by atoms with E-state index >= 15 is 0 Å². The van der Waals surface area contributed by atoms with Gasteiger partial charge in [0.2, 0.25) is 5.91 Å². The van der Waals surface area contributed by atoms with Crippen LogP contribution in [0.25, 0.3) is 0 Å². The molecule has 7 heteroatoms. The maximum absolute atomic E-state index is 12.6. The molecule has 0 aliphatic rings. The Labute approximate surface area is 174 Å². The van der Waals surface area contributed by atoms with Crippen molar-refractivity contribution in [3.05, 3.63) is 58.1 Å². The van der Waals surface area contributed by atoms with Gasteiger partial charge in [0.25, 0.3) is 0 Å². The molecule has 0 unspecified atom stereocenters. The van der Waals surface area contributed by atoms with Gasteiger partial charge in [-0.05, 0) is 69.5 Å². The number of anilines is 1. The van der Waals surface area contributed by atoms with Gasteiger partial charge in [0, 0.05) is 16.6 Å². The van der Waals surface area contributed by atoms with Gasteiger partial charge in [0.05, 0.1) is 15.2 Å². The summed E-state index contributed by atoms with van der Waals surface area (Å²) in [6, 6.07) is 14.2. The topological polar surface area (TPSA) is 87.0 Å². The molecule has 0 heterocycles. The van der Waals surface area contributed by atoms with E-state index in [1.54, 1.807) is 20.8 Å². The molecule has 0 fully saturated rings. The van der Waals surface area contributed by atoms with Gasteiger partial charge in [-0.25, -0.2) is 8.42 Å². The molecule has 2 rings (SSSR count). The molecule has 148 valence electrons. The average molecular weight is 463 g/mol. The van der Waals surface area contributed by atoms with Crippen molar-refractivity contribution in [1.29, 1.82) is 5.26 Å². The zero-order chi connectivity index (χ0) is 20.9. The molecule has 5 nitrogen and oxygen atoms in total. The minimum atomic E-state index is -3.65. The predicted molar refractivity (Wildman–Crippen MR) is 114 cm³/mol. The maximum Gasteiger partial charge on any atom is 0.224 e. The summed E-state index contributed by atoms with van der Waals surface area (Å²) in [7, 11) is -3.65. The summed E-state index contributed by atoms with van der Waals surface area (Å²) in [5, 5.41) is 12.1.